The molecule has 45 heavy (non-hydrogen) atoms. The fourth-order valence-electron chi connectivity index (χ4n) is 5.42. The second kappa shape index (κ2) is 11.9. The predicted octanol–water partition coefficient (Wildman–Crippen LogP) is 6.77. The van der Waals surface area contributed by atoms with E-state index in [0.717, 1.165) is 6.07 Å². The molecule has 1 aliphatic rings. The van der Waals surface area contributed by atoms with Crippen molar-refractivity contribution >= 4 is 40.2 Å². The van der Waals surface area contributed by atoms with E-state index in [1.807, 2.05) is 13.8 Å². The maximum atomic E-state index is 15.1. The molecule has 0 saturated carbocycles. The highest BCUT2D eigenvalue weighted by Gasteiger charge is 2.39. The molecular weight excluding hydrogens is 629 g/mol. The largest absolute Gasteiger partial charge is 0.478 e. The lowest BCUT2D eigenvalue weighted by Crippen LogP contribution is -2.29. The summed E-state index contributed by atoms with van der Waals surface area (Å²) in [5.74, 6) is -2.03. The van der Waals surface area contributed by atoms with Crippen LogP contribution in [0.5, 0.6) is 5.88 Å². The Labute approximate surface area is 265 Å². The first-order valence-electron chi connectivity index (χ1n) is 13.9. The van der Waals surface area contributed by atoms with Crippen molar-refractivity contribution in [2.24, 2.45) is 5.41 Å². The van der Waals surface area contributed by atoms with Gasteiger partial charge in [-0.3, -0.25) is 4.79 Å². The van der Waals surface area contributed by atoms with Crippen LogP contribution in [0.2, 0.25) is 10.0 Å². The minimum absolute atomic E-state index is 0.00652. The fourth-order valence-corrected chi connectivity index (χ4v) is 5.84. The van der Waals surface area contributed by atoms with Gasteiger partial charge < -0.3 is 23.7 Å². The van der Waals surface area contributed by atoms with Gasteiger partial charge in [-0.2, -0.15) is 0 Å². The van der Waals surface area contributed by atoms with Crippen LogP contribution in [0.15, 0.2) is 65.6 Å². The molecule has 1 saturated heterocycles. The molecule has 0 unspecified atom stereocenters. The number of benzene rings is 2. The van der Waals surface area contributed by atoms with E-state index in [9.17, 15) is 19.1 Å². The van der Waals surface area contributed by atoms with Crippen molar-refractivity contribution in [3.05, 3.63) is 110 Å². The first-order chi connectivity index (χ1) is 21.4. The maximum Gasteiger partial charge on any atom is 0.335 e. The summed E-state index contributed by atoms with van der Waals surface area (Å²) in [5, 5.41) is 10.0. The van der Waals surface area contributed by atoms with Crippen LogP contribution in [0.1, 0.15) is 41.6 Å². The smallest absolute Gasteiger partial charge is 0.335 e. The Morgan fingerprint density at radius 3 is 2.62 bits per heavy atom. The van der Waals surface area contributed by atoms with Gasteiger partial charge >= 0.3 is 5.97 Å². The van der Waals surface area contributed by atoms with Crippen molar-refractivity contribution in [1.82, 2.24) is 19.1 Å². The van der Waals surface area contributed by atoms with Gasteiger partial charge in [0.2, 0.25) is 5.88 Å². The SMILES string of the molecule is CC1(C)COC[C@H]1n1c(Cn2cc(Cl)c(-c3cccc(OCc4ccc(Cl)cc4F)n3)cc2=O)nc2c(F)cc(C(=O)O)cc21. The van der Waals surface area contributed by atoms with Crippen molar-refractivity contribution in [3.8, 4) is 17.1 Å². The summed E-state index contributed by atoms with van der Waals surface area (Å²) in [7, 11) is 0. The lowest BCUT2D eigenvalue weighted by molar-refractivity contribution is 0.0696. The van der Waals surface area contributed by atoms with E-state index in [1.165, 1.54) is 35.0 Å². The zero-order valence-corrected chi connectivity index (χ0v) is 25.6. The van der Waals surface area contributed by atoms with Gasteiger partial charge in [0.1, 0.15) is 23.8 Å². The highest BCUT2D eigenvalue weighted by molar-refractivity contribution is 6.33. The van der Waals surface area contributed by atoms with Gasteiger partial charge in [-0.05, 0) is 30.3 Å². The highest BCUT2D eigenvalue weighted by Crippen LogP contribution is 2.40. The Balaban J connectivity index is 1.34. The molecule has 3 aromatic heterocycles. The van der Waals surface area contributed by atoms with Gasteiger partial charge in [0.15, 0.2) is 5.82 Å². The number of carboxylic acids is 1. The molecule has 0 radical (unpaired) electrons. The molecule has 0 amide bonds. The van der Waals surface area contributed by atoms with Crippen LogP contribution < -0.4 is 10.3 Å². The molecule has 1 aliphatic heterocycles. The molecule has 232 valence electrons. The molecule has 0 bridgehead atoms. The molecule has 1 atom stereocenters. The van der Waals surface area contributed by atoms with E-state index in [4.69, 9.17) is 32.7 Å². The summed E-state index contributed by atoms with van der Waals surface area (Å²) in [6.07, 6.45) is 1.44. The third kappa shape index (κ3) is 6.03. The Morgan fingerprint density at radius 1 is 1.11 bits per heavy atom. The van der Waals surface area contributed by atoms with Crippen LogP contribution in [0.3, 0.4) is 0 Å². The van der Waals surface area contributed by atoms with Gasteiger partial charge in [0, 0.05) is 39.9 Å². The Morgan fingerprint density at radius 2 is 1.91 bits per heavy atom. The van der Waals surface area contributed by atoms with Crippen LogP contribution in [0.25, 0.3) is 22.3 Å². The summed E-state index contributed by atoms with van der Waals surface area (Å²) >= 11 is 12.5. The summed E-state index contributed by atoms with van der Waals surface area (Å²) in [6.45, 7) is 4.55. The second-order valence-electron chi connectivity index (χ2n) is 11.4. The average Bonchev–Trinajstić information content (AvgIpc) is 3.52. The van der Waals surface area contributed by atoms with Crippen LogP contribution in [-0.2, 0) is 17.9 Å². The van der Waals surface area contributed by atoms with E-state index in [2.05, 4.69) is 9.97 Å². The quantitative estimate of drug-likeness (QED) is 0.197. The summed E-state index contributed by atoms with van der Waals surface area (Å²) in [4.78, 5) is 34.1. The second-order valence-corrected chi connectivity index (χ2v) is 12.3. The van der Waals surface area contributed by atoms with Crippen molar-refractivity contribution in [3.63, 3.8) is 0 Å². The lowest BCUT2D eigenvalue weighted by Gasteiger charge is -2.28. The van der Waals surface area contributed by atoms with E-state index in [1.54, 1.807) is 28.8 Å². The molecule has 9 nitrogen and oxygen atoms in total. The number of imidazole rings is 1. The standard InChI is InChI=1S/C32H26Cl2F2N4O5/c1-32(2)16-44-15-26(32)40-25-9-18(31(42)43)8-23(36)30(25)38-27(40)13-39-12-21(34)20(11-29(39)41)24-4-3-5-28(37-24)45-14-17-6-7-19(33)10-22(17)35/h3-12,26H,13-16H2,1-2H3,(H,42,43)/t26-/m1/s1. The average molecular weight is 655 g/mol. The third-order valence-corrected chi connectivity index (χ3v) is 8.35. The number of carboxylic acid groups (broad SMARTS) is 1. The number of ether oxygens (including phenoxy) is 2. The number of aromatic carboxylic acids is 1. The number of fused-ring (bicyclic) bond motifs is 1. The van der Waals surface area contributed by atoms with Crippen molar-refractivity contribution < 1.29 is 28.2 Å². The van der Waals surface area contributed by atoms with Crippen LogP contribution >= 0.6 is 23.2 Å². The van der Waals surface area contributed by atoms with E-state index in [-0.39, 0.29) is 51.6 Å². The Bertz CT molecular complexity index is 2030. The first-order valence-corrected chi connectivity index (χ1v) is 14.6. The Hall–Kier alpha value is -4.32. The van der Waals surface area contributed by atoms with Gasteiger partial charge in [-0.25, -0.2) is 23.5 Å². The van der Waals surface area contributed by atoms with Crippen molar-refractivity contribution in [2.45, 2.75) is 33.0 Å². The number of hydrogen-bond acceptors (Lipinski definition) is 6. The summed E-state index contributed by atoms with van der Waals surface area (Å²) in [5.41, 5.74) is 0.251. The summed E-state index contributed by atoms with van der Waals surface area (Å²) < 4.78 is 43.8. The van der Waals surface area contributed by atoms with E-state index < -0.39 is 23.2 Å². The number of rotatable bonds is 8. The number of aromatic nitrogens is 4. The maximum absolute atomic E-state index is 15.1. The molecule has 13 heteroatoms. The fraction of sp³-hybridized carbons (Fsp3) is 0.250. The number of nitrogens with zero attached hydrogens (tertiary/aromatic N) is 4. The molecule has 0 aliphatic carbocycles. The number of carbonyl (C=O) groups is 1. The normalized spacial score (nSPS) is 15.9. The topological polar surface area (TPSA) is 108 Å². The monoisotopic (exact) mass is 654 g/mol. The number of halogens is 4. The van der Waals surface area contributed by atoms with Gasteiger partial charge in [-0.1, -0.05) is 49.2 Å². The molecule has 5 aromatic rings. The number of hydrogen-bond donors (Lipinski definition) is 1. The molecule has 1 fully saturated rings. The van der Waals surface area contributed by atoms with Gasteiger partial charge in [0.05, 0.1) is 47.6 Å². The van der Waals surface area contributed by atoms with Crippen LogP contribution in [-0.4, -0.2) is 43.4 Å². The van der Waals surface area contributed by atoms with Crippen LogP contribution in [0.4, 0.5) is 8.78 Å². The minimum Gasteiger partial charge on any atom is -0.478 e. The zero-order chi connectivity index (χ0) is 32.0. The lowest BCUT2D eigenvalue weighted by atomic mass is 9.87. The summed E-state index contributed by atoms with van der Waals surface area (Å²) in [6, 6.07) is 12.5. The van der Waals surface area contributed by atoms with Crippen molar-refractivity contribution in [1.29, 1.82) is 0 Å². The highest BCUT2D eigenvalue weighted by atomic mass is 35.5. The molecule has 1 N–H and O–H groups in total. The van der Waals surface area contributed by atoms with E-state index in [0.29, 0.717) is 41.4 Å². The molecular formula is C32H26Cl2F2N4O5. The Kier molecular flexibility index (Phi) is 8.11. The van der Waals surface area contributed by atoms with Crippen LogP contribution in [0, 0.1) is 17.0 Å². The van der Waals surface area contributed by atoms with Crippen molar-refractivity contribution in [2.75, 3.05) is 13.2 Å². The molecule has 6 rings (SSSR count). The zero-order valence-electron chi connectivity index (χ0n) is 24.1. The number of pyridine rings is 2. The molecule has 2 aromatic carbocycles. The third-order valence-electron chi connectivity index (χ3n) is 7.81. The van der Waals surface area contributed by atoms with Gasteiger partial charge in [0.25, 0.3) is 5.56 Å². The predicted molar refractivity (Wildman–Crippen MR) is 164 cm³/mol. The molecule has 0 spiro atoms. The minimum atomic E-state index is -1.27. The first kappa shape index (κ1) is 30.7. The van der Waals surface area contributed by atoms with Gasteiger partial charge in [-0.15, -0.1) is 0 Å². The van der Waals surface area contributed by atoms with E-state index >= 15 is 4.39 Å². The molecule has 4 heterocycles.